The molecular formula is C20H15ClF3N3O3S. The summed E-state index contributed by atoms with van der Waals surface area (Å²) in [6.45, 7) is -2.78. The number of benzene rings is 2. The molecule has 1 amide bonds. The Morgan fingerprint density at radius 1 is 1.16 bits per heavy atom. The van der Waals surface area contributed by atoms with Gasteiger partial charge in [0.2, 0.25) is 5.01 Å². The second-order valence-corrected chi connectivity index (χ2v) is 7.39. The molecule has 0 aliphatic heterocycles. The van der Waals surface area contributed by atoms with E-state index in [2.05, 4.69) is 20.3 Å². The van der Waals surface area contributed by atoms with E-state index in [4.69, 9.17) is 16.3 Å². The van der Waals surface area contributed by atoms with Crippen LogP contribution in [0.2, 0.25) is 0 Å². The van der Waals surface area contributed by atoms with E-state index < -0.39 is 12.5 Å². The minimum atomic E-state index is -2.98. The Morgan fingerprint density at radius 2 is 1.87 bits per heavy atom. The van der Waals surface area contributed by atoms with Crippen LogP contribution in [0.25, 0.3) is 11.1 Å². The number of nitrogens with zero attached hydrogens (tertiary/aromatic N) is 2. The van der Waals surface area contributed by atoms with Gasteiger partial charge in [0.25, 0.3) is 5.91 Å². The number of hydrogen-bond donors (Lipinski definition) is 1. The third-order valence-electron chi connectivity index (χ3n) is 3.89. The van der Waals surface area contributed by atoms with Crippen LogP contribution in [-0.2, 0) is 6.54 Å². The van der Waals surface area contributed by atoms with Crippen molar-refractivity contribution in [2.24, 2.45) is 0 Å². The van der Waals surface area contributed by atoms with Gasteiger partial charge in [-0.2, -0.15) is 8.78 Å². The number of halogens is 4. The minimum absolute atomic E-state index is 0.0990. The molecule has 1 heterocycles. The van der Waals surface area contributed by atoms with E-state index >= 15 is 0 Å². The number of alkyl halides is 2. The lowest BCUT2D eigenvalue weighted by Crippen LogP contribution is -2.22. The second-order valence-electron chi connectivity index (χ2n) is 6.00. The van der Waals surface area contributed by atoms with Crippen molar-refractivity contribution in [3.63, 3.8) is 0 Å². The van der Waals surface area contributed by atoms with Crippen LogP contribution in [0.1, 0.15) is 25.9 Å². The van der Waals surface area contributed by atoms with Crippen LogP contribution in [0.4, 0.5) is 13.2 Å². The number of methoxy groups -OCH3 is 1. The molecule has 6 nitrogen and oxygen atoms in total. The fourth-order valence-electron chi connectivity index (χ4n) is 2.45. The third kappa shape index (κ3) is 6.19. The van der Waals surface area contributed by atoms with Gasteiger partial charge in [-0.1, -0.05) is 41.1 Å². The SMILES string of the molecule is COc1cc(/C=C(\Cl)c2nnc(C(=O)NCc3ccc(F)cc3)s2)ccc1OC(F)F. The first-order valence-corrected chi connectivity index (χ1v) is 9.91. The van der Waals surface area contributed by atoms with E-state index in [1.54, 1.807) is 12.1 Å². The summed E-state index contributed by atoms with van der Waals surface area (Å²) in [7, 11) is 1.32. The van der Waals surface area contributed by atoms with Gasteiger partial charge in [0.05, 0.1) is 12.1 Å². The van der Waals surface area contributed by atoms with Gasteiger partial charge in [-0.25, -0.2) is 4.39 Å². The lowest BCUT2D eigenvalue weighted by atomic mass is 10.2. The monoisotopic (exact) mass is 469 g/mol. The normalized spacial score (nSPS) is 11.5. The maximum atomic E-state index is 12.9. The van der Waals surface area contributed by atoms with Crippen LogP contribution in [-0.4, -0.2) is 29.8 Å². The highest BCUT2D eigenvalue weighted by Gasteiger charge is 2.15. The molecule has 3 aromatic rings. The summed E-state index contributed by atoms with van der Waals surface area (Å²) in [5.74, 6) is -0.815. The largest absolute Gasteiger partial charge is 0.493 e. The molecule has 1 aromatic heterocycles. The van der Waals surface area contributed by atoms with Crippen molar-refractivity contribution < 1.29 is 27.4 Å². The zero-order chi connectivity index (χ0) is 22.4. The number of carbonyl (C=O) groups is 1. The molecule has 0 aliphatic carbocycles. The van der Waals surface area contributed by atoms with E-state index in [-0.39, 0.29) is 33.9 Å². The first-order chi connectivity index (χ1) is 14.9. The quantitative estimate of drug-likeness (QED) is 0.505. The number of ether oxygens (including phenoxy) is 2. The molecule has 0 spiro atoms. The molecular weight excluding hydrogens is 455 g/mol. The van der Waals surface area contributed by atoms with Crippen LogP contribution >= 0.6 is 22.9 Å². The Bertz CT molecular complexity index is 1090. The van der Waals surface area contributed by atoms with Gasteiger partial charge in [-0.15, -0.1) is 10.2 Å². The summed E-state index contributed by atoms with van der Waals surface area (Å²) in [4.78, 5) is 12.3. The molecule has 0 radical (unpaired) electrons. The van der Waals surface area contributed by atoms with Gasteiger partial charge in [0.1, 0.15) is 5.82 Å². The number of carbonyl (C=O) groups excluding carboxylic acids is 1. The number of aromatic nitrogens is 2. The summed E-state index contributed by atoms with van der Waals surface area (Å²) in [6, 6.07) is 10.0. The number of amides is 1. The molecule has 11 heteroatoms. The van der Waals surface area contributed by atoms with Crippen molar-refractivity contribution in [1.82, 2.24) is 15.5 Å². The Morgan fingerprint density at radius 3 is 2.55 bits per heavy atom. The van der Waals surface area contributed by atoms with Crippen LogP contribution in [0.3, 0.4) is 0 Å². The van der Waals surface area contributed by atoms with E-state index in [0.29, 0.717) is 10.6 Å². The summed E-state index contributed by atoms with van der Waals surface area (Å²) in [6.07, 6.45) is 1.52. The molecule has 162 valence electrons. The summed E-state index contributed by atoms with van der Waals surface area (Å²) in [5.41, 5.74) is 1.27. The van der Waals surface area contributed by atoms with E-state index in [0.717, 1.165) is 16.9 Å². The average molecular weight is 470 g/mol. The molecule has 0 aliphatic rings. The third-order valence-corrected chi connectivity index (χ3v) is 5.24. The maximum absolute atomic E-state index is 12.9. The maximum Gasteiger partial charge on any atom is 0.387 e. The van der Waals surface area contributed by atoms with Crippen molar-refractivity contribution >= 4 is 40.0 Å². The highest BCUT2D eigenvalue weighted by atomic mass is 35.5. The molecule has 2 aromatic carbocycles. The molecule has 0 saturated carbocycles. The molecule has 0 saturated heterocycles. The Labute approximate surface area is 184 Å². The van der Waals surface area contributed by atoms with Crippen LogP contribution in [0.5, 0.6) is 11.5 Å². The summed E-state index contributed by atoms with van der Waals surface area (Å²) >= 11 is 7.25. The molecule has 0 atom stereocenters. The number of rotatable bonds is 8. The first kappa shape index (κ1) is 22.6. The van der Waals surface area contributed by atoms with Crippen LogP contribution < -0.4 is 14.8 Å². The smallest absolute Gasteiger partial charge is 0.387 e. The van der Waals surface area contributed by atoms with Crippen molar-refractivity contribution in [1.29, 1.82) is 0 Å². The van der Waals surface area contributed by atoms with Crippen molar-refractivity contribution in [2.75, 3.05) is 7.11 Å². The Balaban J connectivity index is 1.68. The fraction of sp³-hybridized carbons (Fsp3) is 0.150. The molecule has 3 rings (SSSR count). The van der Waals surface area contributed by atoms with Crippen LogP contribution in [0, 0.1) is 5.82 Å². The fourth-order valence-corrected chi connectivity index (χ4v) is 3.39. The van der Waals surface area contributed by atoms with Gasteiger partial charge in [-0.3, -0.25) is 4.79 Å². The second kappa shape index (κ2) is 10.3. The minimum Gasteiger partial charge on any atom is -0.493 e. The summed E-state index contributed by atoms with van der Waals surface area (Å²) in [5, 5.41) is 11.0. The van der Waals surface area contributed by atoms with Crippen molar-refractivity contribution in [3.05, 3.63) is 69.4 Å². The van der Waals surface area contributed by atoms with Gasteiger partial charge >= 0.3 is 6.61 Å². The summed E-state index contributed by atoms with van der Waals surface area (Å²) < 4.78 is 47.2. The van der Waals surface area contributed by atoms with Crippen molar-refractivity contribution in [3.8, 4) is 11.5 Å². The lowest BCUT2D eigenvalue weighted by molar-refractivity contribution is -0.0512. The van der Waals surface area contributed by atoms with E-state index in [9.17, 15) is 18.0 Å². The molecule has 0 fully saturated rings. The van der Waals surface area contributed by atoms with E-state index in [1.165, 1.54) is 43.5 Å². The zero-order valence-electron chi connectivity index (χ0n) is 15.9. The molecule has 1 N–H and O–H groups in total. The van der Waals surface area contributed by atoms with Gasteiger partial charge in [0, 0.05) is 6.54 Å². The molecule has 0 bridgehead atoms. The average Bonchev–Trinajstić information content (AvgIpc) is 3.24. The predicted octanol–water partition coefficient (Wildman–Crippen LogP) is 4.95. The van der Waals surface area contributed by atoms with Gasteiger partial charge in [-0.05, 0) is 41.5 Å². The van der Waals surface area contributed by atoms with E-state index in [1.807, 2.05) is 0 Å². The number of hydrogen-bond acceptors (Lipinski definition) is 6. The highest BCUT2D eigenvalue weighted by molar-refractivity contribution is 7.15. The predicted molar refractivity (Wildman–Crippen MR) is 111 cm³/mol. The Hall–Kier alpha value is -3.11. The molecule has 0 unspecified atom stereocenters. The zero-order valence-corrected chi connectivity index (χ0v) is 17.5. The van der Waals surface area contributed by atoms with Crippen molar-refractivity contribution in [2.45, 2.75) is 13.2 Å². The molecule has 31 heavy (non-hydrogen) atoms. The standard InChI is InChI=1S/C20H15ClF3N3O3S/c1-29-16-9-12(4-7-15(16)30-20(23)24)8-14(21)18-26-27-19(31-18)17(28)25-10-11-2-5-13(22)6-3-11/h2-9,20H,10H2,1H3,(H,25,28)/b14-8-. The lowest BCUT2D eigenvalue weighted by Gasteiger charge is -2.10. The van der Waals surface area contributed by atoms with Gasteiger partial charge in [0.15, 0.2) is 16.5 Å². The number of nitrogens with one attached hydrogen (secondary N) is 1. The van der Waals surface area contributed by atoms with Crippen LogP contribution in [0.15, 0.2) is 42.5 Å². The topological polar surface area (TPSA) is 73.3 Å². The Kier molecular flexibility index (Phi) is 7.48. The highest BCUT2D eigenvalue weighted by Crippen LogP contribution is 2.32. The first-order valence-electron chi connectivity index (χ1n) is 8.72. The van der Waals surface area contributed by atoms with Gasteiger partial charge < -0.3 is 14.8 Å².